The summed E-state index contributed by atoms with van der Waals surface area (Å²) in [7, 11) is -2.73. The molecule has 0 spiro atoms. The highest BCUT2D eigenvalue weighted by molar-refractivity contribution is 7.89. The van der Waals surface area contributed by atoms with E-state index in [1.807, 2.05) is 0 Å². The fourth-order valence-electron chi connectivity index (χ4n) is 2.18. The number of Topliss-reactive ketones (excluding diaryl/α,β-unsaturated/α-hetero) is 1. The largest absolute Gasteiger partial charge is 0.455 e. The summed E-state index contributed by atoms with van der Waals surface area (Å²) < 4.78 is 30.7. The molecule has 1 aromatic rings. The molecule has 0 bridgehead atoms. The van der Waals surface area contributed by atoms with Crippen molar-refractivity contribution in [1.29, 1.82) is 0 Å². The number of nitrogens with zero attached hydrogens (tertiary/aromatic N) is 2. The number of carbonyl (C=O) groups excluding carboxylic acids is 3. The number of carbonyl (C=O) groups is 3. The number of esters is 1. The van der Waals surface area contributed by atoms with Crippen LogP contribution in [0.1, 0.15) is 17.3 Å². The summed E-state index contributed by atoms with van der Waals surface area (Å²) in [6, 6.07) is 5.38. The summed E-state index contributed by atoms with van der Waals surface area (Å²) in [5.41, 5.74) is 0.378. The fourth-order valence-corrected chi connectivity index (χ4v) is 3.29. The monoisotopic (exact) mass is 408 g/mol. The second-order valence-electron chi connectivity index (χ2n) is 5.88. The Hall–Kier alpha value is -2.78. The molecule has 9 heteroatoms. The molecule has 8 nitrogen and oxygen atoms in total. The summed E-state index contributed by atoms with van der Waals surface area (Å²) in [6.45, 7) is 7.93. The van der Waals surface area contributed by atoms with Crippen molar-refractivity contribution in [3.63, 3.8) is 0 Å². The quantitative estimate of drug-likeness (QED) is 0.310. The summed E-state index contributed by atoms with van der Waals surface area (Å²) >= 11 is 0. The number of likely N-dealkylation sites (N-methyl/N-ethyl adjacent to an activating group) is 1. The van der Waals surface area contributed by atoms with Crippen LogP contribution in [0.3, 0.4) is 0 Å². The second-order valence-corrected chi connectivity index (χ2v) is 7.92. The third kappa shape index (κ3) is 6.43. The van der Waals surface area contributed by atoms with E-state index >= 15 is 0 Å². The molecule has 0 aliphatic heterocycles. The smallest absolute Gasteiger partial charge is 0.321 e. The number of ether oxygens (including phenoxy) is 1. The number of rotatable bonds is 11. The lowest BCUT2D eigenvalue weighted by Gasteiger charge is -2.20. The molecule has 1 rings (SSSR count). The molecule has 0 aliphatic carbocycles. The Labute approximate surface area is 165 Å². The summed E-state index contributed by atoms with van der Waals surface area (Å²) in [5, 5.41) is 0. The molecular formula is C19H24N2O6S. The Bertz CT molecular complexity index is 836. The van der Waals surface area contributed by atoms with E-state index in [9.17, 15) is 22.8 Å². The van der Waals surface area contributed by atoms with E-state index in [0.717, 1.165) is 4.31 Å². The number of benzene rings is 1. The van der Waals surface area contributed by atoms with Crippen LogP contribution in [0.15, 0.2) is 54.5 Å². The van der Waals surface area contributed by atoms with Crippen LogP contribution in [0.5, 0.6) is 0 Å². The van der Waals surface area contributed by atoms with Gasteiger partial charge in [-0.25, -0.2) is 8.42 Å². The molecule has 0 aromatic heterocycles. The van der Waals surface area contributed by atoms with E-state index in [4.69, 9.17) is 4.74 Å². The van der Waals surface area contributed by atoms with Crippen LogP contribution in [0.4, 0.5) is 0 Å². The fraction of sp³-hybridized carbons (Fsp3) is 0.316. The SMILES string of the molecule is C=CCN(CC=C)C(=O)COC(=O)CN(C)S(=O)(=O)c1ccc(C(C)=O)cc1. The van der Waals surface area contributed by atoms with Gasteiger partial charge in [-0.3, -0.25) is 14.4 Å². The van der Waals surface area contributed by atoms with Crippen molar-refractivity contribution >= 4 is 27.7 Å². The first-order valence-electron chi connectivity index (χ1n) is 8.36. The number of hydrogen-bond donors (Lipinski definition) is 0. The average Bonchev–Trinajstić information content (AvgIpc) is 2.65. The van der Waals surface area contributed by atoms with Crippen LogP contribution in [-0.2, 0) is 24.3 Å². The third-order valence-corrected chi connectivity index (χ3v) is 5.55. The highest BCUT2D eigenvalue weighted by Crippen LogP contribution is 2.15. The van der Waals surface area contributed by atoms with Crippen LogP contribution in [0, 0.1) is 0 Å². The normalized spacial score (nSPS) is 11.0. The molecule has 0 radical (unpaired) electrons. The van der Waals surface area contributed by atoms with Crippen LogP contribution >= 0.6 is 0 Å². The maximum absolute atomic E-state index is 12.5. The van der Waals surface area contributed by atoms with E-state index < -0.39 is 35.1 Å². The Balaban J connectivity index is 2.69. The van der Waals surface area contributed by atoms with Crippen molar-refractivity contribution in [2.24, 2.45) is 0 Å². The van der Waals surface area contributed by atoms with E-state index in [0.29, 0.717) is 5.56 Å². The van der Waals surface area contributed by atoms with Crippen molar-refractivity contribution in [2.75, 3.05) is 33.3 Å². The number of hydrogen-bond acceptors (Lipinski definition) is 6. The molecule has 0 heterocycles. The number of amides is 1. The van der Waals surface area contributed by atoms with Crippen LogP contribution in [0.2, 0.25) is 0 Å². The number of ketones is 1. The molecule has 152 valence electrons. The van der Waals surface area contributed by atoms with E-state index in [1.54, 1.807) is 0 Å². The van der Waals surface area contributed by atoms with Crippen molar-refractivity contribution in [2.45, 2.75) is 11.8 Å². The van der Waals surface area contributed by atoms with Gasteiger partial charge in [-0.05, 0) is 19.1 Å². The summed E-state index contributed by atoms with van der Waals surface area (Å²) in [5.74, 6) is -1.50. The predicted molar refractivity (Wildman–Crippen MR) is 104 cm³/mol. The molecular weight excluding hydrogens is 384 g/mol. The molecule has 0 saturated carbocycles. The lowest BCUT2D eigenvalue weighted by atomic mass is 10.2. The Morgan fingerprint density at radius 2 is 1.61 bits per heavy atom. The van der Waals surface area contributed by atoms with Gasteiger partial charge in [-0.1, -0.05) is 24.3 Å². The Morgan fingerprint density at radius 3 is 2.07 bits per heavy atom. The highest BCUT2D eigenvalue weighted by atomic mass is 32.2. The zero-order valence-corrected chi connectivity index (χ0v) is 16.8. The molecule has 0 saturated heterocycles. The third-order valence-electron chi connectivity index (χ3n) is 3.73. The summed E-state index contributed by atoms with van der Waals surface area (Å²) in [6.07, 6.45) is 3.06. The molecule has 0 atom stereocenters. The van der Waals surface area contributed by atoms with E-state index in [2.05, 4.69) is 13.2 Å². The maximum Gasteiger partial charge on any atom is 0.321 e. The minimum absolute atomic E-state index is 0.0629. The van der Waals surface area contributed by atoms with Crippen molar-refractivity contribution < 1.29 is 27.5 Å². The first-order chi connectivity index (χ1) is 13.1. The molecule has 0 fully saturated rings. The average molecular weight is 408 g/mol. The topological polar surface area (TPSA) is 101 Å². The van der Waals surface area contributed by atoms with Gasteiger partial charge in [0, 0.05) is 25.7 Å². The minimum atomic E-state index is -3.95. The first kappa shape index (κ1) is 23.3. The van der Waals surface area contributed by atoms with Crippen molar-refractivity contribution in [3.8, 4) is 0 Å². The van der Waals surface area contributed by atoms with E-state index in [1.165, 1.54) is 55.3 Å². The highest BCUT2D eigenvalue weighted by Gasteiger charge is 2.24. The minimum Gasteiger partial charge on any atom is -0.455 e. The zero-order chi connectivity index (χ0) is 21.3. The van der Waals surface area contributed by atoms with Gasteiger partial charge >= 0.3 is 5.97 Å². The lowest BCUT2D eigenvalue weighted by Crippen LogP contribution is -2.37. The van der Waals surface area contributed by atoms with Crippen molar-refractivity contribution in [3.05, 3.63) is 55.1 Å². The number of sulfonamides is 1. The van der Waals surface area contributed by atoms with Crippen LogP contribution < -0.4 is 0 Å². The molecule has 0 aliphatic rings. The zero-order valence-electron chi connectivity index (χ0n) is 16.0. The van der Waals surface area contributed by atoms with Gasteiger partial charge in [0.05, 0.1) is 4.90 Å². The van der Waals surface area contributed by atoms with Gasteiger partial charge in [0.1, 0.15) is 6.54 Å². The van der Waals surface area contributed by atoms with Gasteiger partial charge in [-0.15, -0.1) is 13.2 Å². The molecule has 0 unspecified atom stereocenters. The van der Waals surface area contributed by atoms with Crippen LogP contribution in [-0.4, -0.2) is 68.6 Å². The Morgan fingerprint density at radius 1 is 1.07 bits per heavy atom. The predicted octanol–water partition coefficient (Wildman–Crippen LogP) is 1.25. The van der Waals surface area contributed by atoms with Crippen LogP contribution in [0.25, 0.3) is 0 Å². The lowest BCUT2D eigenvalue weighted by molar-refractivity contribution is -0.151. The van der Waals surface area contributed by atoms with Gasteiger partial charge in [0.15, 0.2) is 12.4 Å². The molecule has 1 aromatic carbocycles. The molecule has 0 N–H and O–H groups in total. The molecule has 28 heavy (non-hydrogen) atoms. The summed E-state index contributed by atoms with van der Waals surface area (Å²) in [4.78, 5) is 36.5. The standard InChI is InChI=1S/C19H24N2O6S/c1-5-11-21(12-6-2)18(23)14-27-19(24)13-20(4)28(25,26)17-9-7-16(8-10-17)15(3)22/h5-10H,1-2,11-14H2,3-4H3. The maximum atomic E-state index is 12.5. The van der Waals surface area contributed by atoms with E-state index in [-0.39, 0.29) is 23.8 Å². The molecule has 1 amide bonds. The van der Waals surface area contributed by atoms with Gasteiger partial charge < -0.3 is 9.64 Å². The van der Waals surface area contributed by atoms with Gasteiger partial charge in [0.25, 0.3) is 5.91 Å². The first-order valence-corrected chi connectivity index (χ1v) is 9.80. The van der Waals surface area contributed by atoms with Gasteiger partial charge in [-0.2, -0.15) is 4.31 Å². The second kappa shape index (κ2) is 10.5. The van der Waals surface area contributed by atoms with Gasteiger partial charge in [0.2, 0.25) is 10.0 Å². The Kier molecular flexibility index (Phi) is 8.75. The van der Waals surface area contributed by atoms with Crippen molar-refractivity contribution in [1.82, 2.24) is 9.21 Å².